The van der Waals surface area contributed by atoms with Gasteiger partial charge < -0.3 is 15.5 Å². The normalized spacial score (nSPS) is 16.9. The predicted octanol–water partition coefficient (Wildman–Crippen LogP) is 0.645. The van der Waals surface area contributed by atoms with Crippen LogP contribution in [-0.4, -0.2) is 40.4 Å². The molecule has 5 nitrogen and oxygen atoms in total. The first-order chi connectivity index (χ1) is 8.65. The van der Waals surface area contributed by atoms with Gasteiger partial charge in [-0.25, -0.2) is 9.78 Å². The highest BCUT2D eigenvalue weighted by molar-refractivity contribution is 5.73. The van der Waals surface area contributed by atoms with Crippen molar-refractivity contribution < 1.29 is 32.6 Å². The Balaban J connectivity index is 0.000000224. The summed E-state index contributed by atoms with van der Waals surface area (Å²) in [5, 5.41) is 19.8. The number of carbonyl (C=O) groups is 1. The standard InChI is InChI=1S/C8H9FN2O.C2HF3O2/c9-7-2-1-6(3-11-7)8(12)4-10-5-8;3-2(4,5)1(6)7/h1-3,10,12H,4-5H2;(H,6,7). The van der Waals surface area contributed by atoms with Crippen LogP contribution in [0.3, 0.4) is 0 Å². The maximum absolute atomic E-state index is 12.4. The van der Waals surface area contributed by atoms with E-state index >= 15 is 0 Å². The number of β-amino-alcohol motifs (C(OH)–C–C–N with tert-alkyl or cyclic N) is 1. The minimum absolute atomic E-state index is 0.514. The molecule has 1 aromatic rings. The van der Waals surface area contributed by atoms with Crippen LogP contribution < -0.4 is 5.32 Å². The van der Waals surface area contributed by atoms with Crippen LogP contribution >= 0.6 is 0 Å². The van der Waals surface area contributed by atoms with Crippen LogP contribution in [-0.2, 0) is 10.4 Å². The Labute approximate surface area is 104 Å². The zero-order chi connectivity index (χ0) is 14.7. The topological polar surface area (TPSA) is 82.5 Å². The van der Waals surface area contributed by atoms with E-state index in [4.69, 9.17) is 9.90 Å². The van der Waals surface area contributed by atoms with Crippen LogP contribution in [0.15, 0.2) is 18.3 Å². The summed E-state index contributed by atoms with van der Waals surface area (Å²) < 4.78 is 44.1. The van der Waals surface area contributed by atoms with Gasteiger partial charge >= 0.3 is 12.1 Å². The zero-order valence-corrected chi connectivity index (χ0v) is 9.41. The summed E-state index contributed by atoms with van der Waals surface area (Å²) in [6.45, 7) is 1.03. The van der Waals surface area contributed by atoms with E-state index in [-0.39, 0.29) is 0 Å². The van der Waals surface area contributed by atoms with E-state index in [9.17, 15) is 22.7 Å². The van der Waals surface area contributed by atoms with Gasteiger partial charge in [0.25, 0.3) is 0 Å². The second-order valence-electron chi connectivity index (χ2n) is 3.81. The molecule has 0 aliphatic carbocycles. The van der Waals surface area contributed by atoms with Gasteiger partial charge in [-0.3, -0.25) is 0 Å². The highest BCUT2D eigenvalue weighted by atomic mass is 19.4. The monoisotopic (exact) mass is 282 g/mol. The maximum Gasteiger partial charge on any atom is 0.490 e. The molecule has 0 unspecified atom stereocenters. The van der Waals surface area contributed by atoms with Crippen LogP contribution in [0.1, 0.15) is 5.56 Å². The molecule has 0 amide bonds. The number of alkyl halides is 3. The first-order valence-corrected chi connectivity index (χ1v) is 5.00. The minimum atomic E-state index is -5.08. The Bertz CT molecular complexity index is 443. The van der Waals surface area contributed by atoms with Crippen LogP contribution in [0.5, 0.6) is 0 Å². The lowest BCUT2D eigenvalue weighted by atomic mass is 9.90. The molecular formula is C10H10F4N2O3. The number of nitrogens with one attached hydrogen (secondary N) is 1. The summed E-state index contributed by atoms with van der Waals surface area (Å²) >= 11 is 0. The molecule has 1 aromatic heterocycles. The summed E-state index contributed by atoms with van der Waals surface area (Å²) in [5.41, 5.74) is -0.164. The van der Waals surface area contributed by atoms with Crippen LogP contribution in [0.4, 0.5) is 17.6 Å². The third-order valence-electron chi connectivity index (χ3n) is 2.34. The number of nitrogens with zero attached hydrogens (tertiary/aromatic N) is 1. The molecule has 1 aliphatic heterocycles. The molecule has 0 spiro atoms. The zero-order valence-electron chi connectivity index (χ0n) is 9.41. The van der Waals surface area contributed by atoms with Gasteiger partial charge in [0, 0.05) is 24.8 Å². The van der Waals surface area contributed by atoms with Crippen molar-refractivity contribution in [2.24, 2.45) is 0 Å². The maximum atomic E-state index is 12.4. The predicted molar refractivity (Wildman–Crippen MR) is 54.7 cm³/mol. The molecule has 0 bridgehead atoms. The summed E-state index contributed by atoms with van der Waals surface area (Å²) in [5.74, 6) is -3.28. The number of rotatable bonds is 1. The molecular weight excluding hydrogens is 272 g/mol. The highest BCUT2D eigenvalue weighted by Crippen LogP contribution is 2.24. The molecule has 106 valence electrons. The lowest BCUT2D eigenvalue weighted by Crippen LogP contribution is -2.56. The molecule has 1 aliphatic rings. The minimum Gasteiger partial charge on any atom is -0.475 e. The van der Waals surface area contributed by atoms with Crippen molar-refractivity contribution in [3.8, 4) is 0 Å². The van der Waals surface area contributed by atoms with Crippen molar-refractivity contribution in [3.05, 3.63) is 29.8 Å². The molecule has 0 radical (unpaired) electrons. The van der Waals surface area contributed by atoms with E-state index in [2.05, 4.69) is 10.3 Å². The van der Waals surface area contributed by atoms with Gasteiger partial charge in [0.1, 0.15) is 5.60 Å². The molecule has 0 saturated carbocycles. The van der Waals surface area contributed by atoms with Gasteiger partial charge in [0.2, 0.25) is 5.95 Å². The van der Waals surface area contributed by atoms with E-state index in [1.807, 2.05) is 0 Å². The number of pyridine rings is 1. The first-order valence-electron chi connectivity index (χ1n) is 5.00. The van der Waals surface area contributed by atoms with Crippen molar-refractivity contribution in [1.29, 1.82) is 0 Å². The van der Waals surface area contributed by atoms with Gasteiger partial charge in [-0.1, -0.05) is 0 Å². The van der Waals surface area contributed by atoms with Crippen LogP contribution in [0.25, 0.3) is 0 Å². The van der Waals surface area contributed by atoms with E-state index < -0.39 is 23.7 Å². The number of aliphatic hydroxyl groups is 1. The lowest BCUT2D eigenvalue weighted by molar-refractivity contribution is -0.192. The fourth-order valence-corrected chi connectivity index (χ4v) is 1.22. The Morgan fingerprint density at radius 1 is 1.37 bits per heavy atom. The highest BCUT2D eigenvalue weighted by Gasteiger charge is 2.38. The fraction of sp³-hybridized carbons (Fsp3) is 0.400. The van der Waals surface area contributed by atoms with Gasteiger partial charge in [-0.15, -0.1) is 0 Å². The Kier molecular flexibility index (Phi) is 4.43. The molecule has 0 aromatic carbocycles. The van der Waals surface area contributed by atoms with Gasteiger partial charge in [-0.2, -0.15) is 17.6 Å². The van der Waals surface area contributed by atoms with E-state index in [1.165, 1.54) is 12.3 Å². The van der Waals surface area contributed by atoms with Crippen molar-refractivity contribution in [1.82, 2.24) is 10.3 Å². The van der Waals surface area contributed by atoms with Gasteiger partial charge in [0.05, 0.1) is 0 Å². The molecule has 1 fully saturated rings. The molecule has 2 heterocycles. The first kappa shape index (κ1) is 15.3. The van der Waals surface area contributed by atoms with E-state index in [0.717, 1.165) is 0 Å². The van der Waals surface area contributed by atoms with Gasteiger partial charge in [-0.05, 0) is 12.1 Å². The quantitative estimate of drug-likeness (QED) is 0.520. The largest absolute Gasteiger partial charge is 0.490 e. The molecule has 0 atom stereocenters. The second-order valence-corrected chi connectivity index (χ2v) is 3.81. The molecule has 1 saturated heterocycles. The third kappa shape index (κ3) is 4.14. The number of carboxylic acid groups (broad SMARTS) is 1. The molecule has 2 rings (SSSR count). The van der Waals surface area contributed by atoms with Gasteiger partial charge in [0.15, 0.2) is 0 Å². The molecule has 3 N–H and O–H groups in total. The van der Waals surface area contributed by atoms with Crippen molar-refractivity contribution >= 4 is 5.97 Å². The number of hydrogen-bond donors (Lipinski definition) is 3. The Morgan fingerprint density at radius 2 is 1.89 bits per heavy atom. The average molecular weight is 282 g/mol. The number of aromatic nitrogens is 1. The Hall–Kier alpha value is -1.74. The SMILES string of the molecule is O=C(O)C(F)(F)F.OC1(c2ccc(F)nc2)CNC1. The Morgan fingerprint density at radius 3 is 2.16 bits per heavy atom. The van der Waals surface area contributed by atoms with Crippen molar-refractivity contribution in [3.63, 3.8) is 0 Å². The fourth-order valence-electron chi connectivity index (χ4n) is 1.22. The van der Waals surface area contributed by atoms with Crippen LogP contribution in [0, 0.1) is 5.95 Å². The average Bonchev–Trinajstić information content (AvgIpc) is 2.26. The molecule has 9 heteroatoms. The number of aliphatic carboxylic acids is 1. The lowest BCUT2D eigenvalue weighted by Gasteiger charge is -2.37. The number of carboxylic acids is 1. The summed E-state index contributed by atoms with van der Waals surface area (Å²) in [4.78, 5) is 12.4. The van der Waals surface area contributed by atoms with Crippen LogP contribution in [0.2, 0.25) is 0 Å². The number of halogens is 4. The second kappa shape index (κ2) is 5.49. The number of hydrogen-bond acceptors (Lipinski definition) is 4. The van der Waals surface area contributed by atoms with Crippen molar-refractivity contribution in [2.75, 3.05) is 13.1 Å². The van der Waals surface area contributed by atoms with E-state index in [1.54, 1.807) is 6.07 Å². The van der Waals surface area contributed by atoms with E-state index in [0.29, 0.717) is 18.7 Å². The summed E-state index contributed by atoms with van der Waals surface area (Å²) in [6, 6.07) is 2.81. The smallest absolute Gasteiger partial charge is 0.475 e. The third-order valence-corrected chi connectivity index (χ3v) is 2.34. The summed E-state index contributed by atoms with van der Waals surface area (Å²) in [6.07, 6.45) is -3.71. The molecule has 19 heavy (non-hydrogen) atoms. The summed E-state index contributed by atoms with van der Waals surface area (Å²) in [7, 11) is 0. The van der Waals surface area contributed by atoms with Crippen molar-refractivity contribution in [2.45, 2.75) is 11.8 Å².